The molecule has 1 heterocycles. The van der Waals surface area contributed by atoms with Crippen LogP contribution in [0.3, 0.4) is 0 Å². The zero-order valence-electron chi connectivity index (χ0n) is 13.1. The van der Waals surface area contributed by atoms with E-state index in [9.17, 15) is 14.7 Å². The summed E-state index contributed by atoms with van der Waals surface area (Å²) >= 11 is 1.34. The molecule has 6 nitrogen and oxygen atoms in total. The summed E-state index contributed by atoms with van der Waals surface area (Å²) < 4.78 is 0. The van der Waals surface area contributed by atoms with Crippen LogP contribution >= 0.6 is 11.3 Å². The second-order valence-corrected chi connectivity index (χ2v) is 7.28. The average molecular weight is 325 g/mol. The Morgan fingerprint density at radius 3 is 2.55 bits per heavy atom. The van der Waals surface area contributed by atoms with Crippen molar-refractivity contribution in [2.24, 2.45) is 11.3 Å². The van der Waals surface area contributed by atoms with Gasteiger partial charge in [-0.3, -0.25) is 9.59 Å². The summed E-state index contributed by atoms with van der Waals surface area (Å²) in [6.45, 7) is 3.81. The van der Waals surface area contributed by atoms with Crippen LogP contribution < -0.4 is 5.32 Å². The Balaban J connectivity index is 2.12. The standard InChI is InChI=1S/C15H23N3O3S/c1-3-6-11(12(19)20)9-15(7-4-5-8-15)13(21)16-14-18-17-10(2)22-14/h11H,3-9H2,1-2H3,(H,19,20)(H,16,18,21)/t11-/m0/s1. The molecule has 1 aromatic heterocycles. The van der Waals surface area contributed by atoms with Crippen molar-refractivity contribution in [2.45, 2.75) is 58.8 Å². The molecular weight excluding hydrogens is 302 g/mol. The summed E-state index contributed by atoms with van der Waals surface area (Å²) in [4.78, 5) is 24.2. The fourth-order valence-electron chi connectivity index (χ4n) is 3.29. The molecule has 1 aliphatic carbocycles. The second kappa shape index (κ2) is 7.17. The second-order valence-electron chi connectivity index (χ2n) is 6.10. The molecule has 7 heteroatoms. The molecular formula is C15H23N3O3S. The molecule has 0 spiro atoms. The lowest BCUT2D eigenvalue weighted by atomic mass is 9.75. The fraction of sp³-hybridized carbons (Fsp3) is 0.733. The lowest BCUT2D eigenvalue weighted by molar-refractivity contribution is -0.144. The van der Waals surface area contributed by atoms with Crippen molar-refractivity contribution in [1.82, 2.24) is 10.2 Å². The van der Waals surface area contributed by atoms with Crippen molar-refractivity contribution in [1.29, 1.82) is 0 Å². The van der Waals surface area contributed by atoms with E-state index in [1.807, 2.05) is 13.8 Å². The molecule has 0 bridgehead atoms. The summed E-state index contributed by atoms with van der Waals surface area (Å²) in [6, 6.07) is 0. The Bertz CT molecular complexity index is 538. The van der Waals surface area contributed by atoms with Gasteiger partial charge in [0.05, 0.1) is 11.3 Å². The minimum atomic E-state index is -0.798. The highest BCUT2D eigenvalue weighted by molar-refractivity contribution is 7.15. The third kappa shape index (κ3) is 3.82. The summed E-state index contributed by atoms with van der Waals surface area (Å²) in [7, 11) is 0. The van der Waals surface area contributed by atoms with Gasteiger partial charge in [0.25, 0.3) is 0 Å². The van der Waals surface area contributed by atoms with Crippen molar-refractivity contribution in [3.8, 4) is 0 Å². The zero-order chi connectivity index (χ0) is 16.2. The van der Waals surface area contributed by atoms with Crippen molar-refractivity contribution in [3.63, 3.8) is 0 Å². The van der Waals surface area contributed by atoms with Gasteiger partial charge >= 0.3 is 5.97 Å². The number of hydrogen-bond donors (Lipinski definition) is 2. The fourth-order valence-corrected chi connectivity index (χ4v) is 3.87. The topological polar surface area (TPSA) is 92.2 Å². The van der Waals surface area contributed by atoms with E-state index in [0.29, 0.717) is 18.0 Å². The van der Waals surface area contributed by atoms with E-state index in [2.05, 4.69) is 15.5 Å². The Morgan fingerprint density at radius 2 is 2.05 bits per heavy atom. The van der Waals surface area contributed by atoms with E-state index in [-0.39, 0.29) is 5.91 Å². The van der Waals surface area contributed by atoms with Crippen LogP contribution in [0.4, 0.5) is 5.13 Å². The van der Waals surface area contributed by atoms with Gasteiger partial charge in [0.2, 0.25) is 11.0 Å². The third-order valence-corrected chi connectivity index (χ3v) is 5.17. The summed E-state index contributed by atoms with van der Waals surface area (Å²) in [6.07, 6.45) is 5.29. The molecule has 1 aliphatic rings. The van der Waals surface area contributed by atoms with Crippen molar-refractivity contribution < 1.29 is 14.7 Å². The number of nitrogens with zero attached hydrogens (tertiary/aromatic N) is 2. The predicted octanol–water partition coefficient (Wildman–Crippen LogP) is 3.24. The van der Waals surface area contributed by atoms with Gasteiger partial charge in [-0.25, -0.2) is 0 Å². The van der Waals surface area contributed by atoms with Crippen LogP contribution in [0.2, 0.25) is 0 Å². The first-order valence-corrected chi connectivity index (χ1v) is 8.63. The first-order valence-electron chi connectivity index (χ1n) is 7.81. The maximum absolute atomic E-state index is 12.7. The van der Waals surface area contributed by atoms with Crippen LogP contribution in [0.5, 0.6) is 0 Å². The number of amides is 1. The monoisotopic (exact) mass is 325 g/mol. The maximum Gasteiger partial charge on any atom is 0.306 e. The molecule has 0 saturated heterocycles. The van der Waals surface area contributed by atoms with Crippen LogP contribution in [0.1, 0.15) is 56.9 Å². The van der Waals surface area contributed by atoms with Crippen molar-refractivity contribution in [3.05, 3.63) is 5.01 Å². The number of anilines is 1. The normalized spacial score (nSPS) is 18.1. The number of nitrogens with one attached hydrogen (secondary N) is 1. The molecule has 0 unspecified atom stereocenters. The van der Waals surface area contributed by atoms with Gasteiger partial charge in [0.15, 0.2) is 0 Å². The van der Waals surface area contributed by atoms with Crippen molar-refractivity contribution in [2.75, 3.05) is 5.32 Å². The number of aryl methyl sites for hydroxylation is 1. The van der Waals surface area contributed by atoms with E-state index < -0.39 is 17.3 Å². The Labute approximate surface area is 134 Å². The largest absolute Gasteiger partial charge is 0.481 e. The summed E-state index contributed by atoms with van der Waals surface area (Å²) in [5.41, 5.74) is -0.572. The van der Waals surface area contributed by atoms with Gasteiger partial charge in [0.1, 0.15) is 5.01 Å². The Morgan fingerprint density at radius 1 is 1.36 bits per heavy atom. The number of rotatable bonds is 7. The molecule has 1 saturated carbocycles. The molecule has 122 valence electrons. The number of carbonyl (C=O) groups excluding carboxylic acids is 1. The van der Waals surface area contributed by atoms with E-state index in [1.165, 1.54) is 11.3 Å². The molecule has 22 heavy (non-hydrogen) atoms. The van der Waals surface area contributed by atoms with Gasteiger partial charge < -0.3 is 10.4 Å². The van der Waals surface area contributed by atoms with Gasteiger partial charge in [-0.05, 0) is 32.6 Å². The van der Waals surface area contributed by atoms with Crippen LogP contribution in [0.25, 0.3) is 0 Å². The van der Waals surface area contributed by atoms with Crippen LogP contribution in [0, 0.1) is 18.3 Å². The smallest absolute Gasteiger partial charge is 0.306 e. The molecule has 1 amide bonds. The van der Waals surface area contributed by atoms with Crippen LogP contribution in [-0.2, 0) is 9.59 Å². The predicted molar refractivity (Wildman–Crippen MR) is 84.8 cm³/mol. The highest BCUT2D eigenvalue weighted by Gasteiger charge is 2.44. The summed E-state index contributed by atoms with van der Waals surface area (Å²) in [5, 5.41) is 21.4. The Kier molecular flexibility index (Phi) is 5.50. The molecule has 1 aromatic rings. The number of carboxylic acids is 1. The van der Waals surface area contributed by atoms with E-state index in [4.69, 9.17) is 0 Å². The number of hydrogen-bond acceptors (Lipinski definition) is 5. The molecule has 2 rings (SSSR count). The molecule has 0 aromatic carbocycles. The molecule has 1 atom stereocenters. The minimum Gasteiger partial charge on any atom is -0.481 e. The highest BCUT2D eigenvalue weighted by atomic mass is 32.1. The third-order valence-electron chi connectivity index (χ3n) is 4.41. The molecule has 2 N–H and O–H groups in total. The maximum atomic E-state index is 12.7. The molecule has 0 aliphatic heterocycles. The van der Waals surface area contributed by atoms with Gasteiger partial charge in [-0.15, -0.1) is 10.2 Å². The van der Waals surface area contributed by atoms with Crippen LogP contribution in [0.15, 0.2) is 0 Å². The number of aliphatic carboxylic acids is 1. The van der Waals surface area contributed by atoms with Crippen LogP contribution in [-0.4, -0.2) is 27.2 Å². The average Bonchev–Trinajstić information content (AvgIpc) is 3.08. The van der Waals surface area contributed by atoms with E-state index in [1.54, 1.807) is 0 Å². The number of aromatic nitrogens is 2. The number of carboxylic acid groups (broad SMARTS) is 1. The molecule has 0 radical (unpaired) electrons. The lowest BCUT2D eigenvalue weighted by Crippen LogP contribution is -2.37. The lowest BCUT2D eigenvalue weighted by Gasteiger charge is -2.29. The summed E-state index contributed by atoms with van der Waals surface area (Å²) in [5.74, 6) is -1.35. The van der Waals surface area contributed by atoms with Crippen molar-refractivity contribution >= 4 is 28.3 Å². The Hall–Kier alpha value is -1.50. The molecule has 1 fully saturated rings. The number of carbonyl (C=O) groups is 2. The first kappa shape index (κ1) is 16.9. The highest BCUT2D eigenvalue weighted by Crippen LogP contribution is 2.45. The first-order chi connectivity index (χ1) is 10.5. The van der Waals surface area contributed by atoms with E-state index in [0.717, 1.165) is 37.1 Å². The quantitative estimate of drug-likeness (QED) is 0.803. The van der Waals surface area contributed by atoms with Gasteiger partial charge in [-0.2, -0.15) is 0 Å². The van der Waals surface area contributed by atoms with Gasteiger partial charge in [0, 0.05) is 0 Å². The van der Waals surface area contributed by atoms with E-state index >= 15 is 0 Å². The SMILES string of the molecule is CCC[C@@H](CC1(C(=O)Nc2nnc(C)s2)CCCC1)C(=O)O. The minimum absolute atomic E-state index is 0.0940. The zero-order valence-corrected chi connectivity index (χ0v) is 13.9. The van der Waals surface area contributed by atoms with Gasteiger partial charge in [-0.1, -0.05) is 37.5 Å².